The third kappa shape index (κ3) is 9.25. The summed E-state index contributed by atoms with van der Waals surface area (Å²) in [6, 6.07) is 8.05. The van der Waals surface area contributed by atoms with Gasteiger partial charge >= 0.3 is 11.9 Å². The van der Waals surface area contributed by atoms with Crippen LogP contribution in [0, 0.1) is 3.57 Å². The van der Waals surface area contributed by atoms with Crippen LogP contribution in [0.3, 0.4) is 0 Å². The lowest BCUT2D eigenvalue weighted by atomic mass is 10.3. The Kier molecular flexibility index (Phi) is 8.88. The molecule has 0 amide bonds. The maximum Gasteiger partial charge on any atom is 0.414 e. The van der Waals surface area contributed by atoms with E-state index < -0.39 is 11.9 Å². The van der Waals surface area contributed by atoms with Gasteiger partial charge in [0.05, 0.1) is 3.57 Å². The molecular formula is C12H16INO5. The van der Waals surface area contributed by atoms with E-state index in [0.29, 0.717) is 0 Å². The van der Waals surface area contributed by atoms with Crippen molar-refractivity contribution in [3.05, 3.63) is 27.8 Å². The molecule has 1 aromatic carbocycles. The standard InChI is InChI=1S/C10H14INO.C2H2O4/c1-12(2)7-8-13-10-6-4-3-5-9(10)11;3-1(4)2(5)6/h3-6H,7-8H2,1-2H3;(H,3,4)(H,5,6). The number of hydrogen-bond acceptors (Lipinski definition) is 4. The van der Waals surface area contributed by atoms with Crippen LogP contribution in [-0.2, 0) is 9.59 Å². The number of benzene rings is 1. The molecular weight excluding hydrogens is 365 g/mol. The molecule has 1 rings (SSSR count). The van der Waals surface area contributed by atoms with E-state index in [4.69, 9.17) is 24.5 Å². The van der Waals surface area contributed by atoms with E-state index in [1.807, 2.05) is 38.4 Å². The molecule has 0 saturated carbocycles. The number of carboxylic acid groups (broad SMARTS) is 2. The predicted molar refractivity (Wildman–Crippen MR) is 78.5 cm³/mol. The first-order valence-corrected chi connectivity index (χ1v) is 6.40. The van der Waals surface area contributed by atoms with Gasteiger partial charge in [0.1, 0.15) is 12.4 Å². The van der Waals surface area contributed by atoms with E-state index in [0.717, 1.165) is 18.9 Å². The van der Waals surface area contributed by atoms with Crippen LogP contribution in [0.1, 0.15) is 0 Å². The highest BCUT2D eigenvalue weighted by Gasteiger charge is 2.04. The highest BCUT2D eigenvalue weighted by atomic mass is 127. The molecule has 19 heavy (non-hydrogen) atoms. The molecule has 2 N–H and O–H groups in total. The van der Waals surface area contributed by atoms with Gasteiger partial charge in [0.15, 0.2) is 0 Å². The molecule has 6 nitrogen and oxygen atoms in total. The van der Waals surface area contributed by atoms with E-state index in [1.165, 1.54) is 3.57 Å². The lowest BCUT2D eigenvalue weighted by molar-refractivity contribution is -0.159. The number of likely N-dealkylation sites (N-methyl/N-ethyl adjacent to an activating group) is 1. The van der Waals surface area contributed by atoms with Gasteiger partial charge in [-0.2, -0.15) is 0 Å². The Morgan fingerprint density at radius 2 is 1.74 bits per heavy atom. The largest absolute Gasteiger partial charge is 0.491 e. The van der Waals surface area contributed by atoms with Gasteiger partial charge in [-0.3, -0.25) is 0 Å². The first-order valence-electron chi connectivity index (χ1n) is 5.33. The molecule has 0 aliphatic rings. The Balaban J connectivity index is 0.000000459. The summed E-state index contributed by atoms with van der Waals surface area (Å²) in [5.74, 6) is -2.67. The summed E-state index contributed by atoms with van der Waals surface area (Å²) in [6.45, 7) is 1.69. The Morgan fingerprint density at radius 3 is 2.16 bits per heavy atom. The Morgan fingerprint density at radius 1 is 1.21 bits per heavy atom. The van der Waals surface area contributed by atoms with Crippen LogP contribution in [0.15, 0.2) is 24.3 Å². The summed E-state index contributed by atoms with van der Waals surface area (Å²) in [6.07, 6.45) is 0. The number of hydrogen-bond donors (Lipinski definition) is 2. The molecule has 0 saturated heterocycles. The van der Waals surface area contributed by atoms with Crippen LogP contribution >= 0.6 is 22.6 Å². The minimum absolute atomic E-state index is 0.743. The van der Waals surface area contributed by atoms with Gasteiger partial charge in [-0.15, -0.1) is 0 Å². The van der Waals surface area contributed by atoms with Gasteiger partial charge in [0.2, 0.25) is 0 Å². The average molecular weight is 381 g/mol. The van der Waals surface area contributed by atoms with Crippen LogP contribution < -0.4 is 4.74 Å². The first-order chi connectivity index (χ1) is 8.84. The van der Waals surface area contributed by atoms with Crippen LogP contribution in [0.2, 0.25) is 0 Å². The van der Waals surface area contributed by atoms with E-state index in [2.05, 4.69) is 27.5 Å². The third-order valence-electron chi connectivity index (χ3n) is 1.82. The molecule has 106 valence electrons. The average Bonchev–Trinajstić information content (AvgIpc) is 2.32. The van der Waals surface area contributed by atoms with Crippen molar-refractivity contribution in [2.75, 3.05) is 27.2 Å². The number of carbonyl (C=O) groups is 2. The summed E-state index contributed by atoms with van der Waals surface area (Å²) >= 11 is 2.28. The number of halogens is 1. The number of para-hydroxylation sites is 1. The van der Waals surface area contributed by atoms with Crippen molar-refractivity contribution in [3.8, 4) is 5.75 Å². The maximum atomic E-state index is 9.10. The second kappa shape index (κ2) is 9.56. The van der Waals surface area contributed by atoms with Crippen LogP contribution in [0.25, 0.3) is 0 Å². The molecule has 0 radical (unpaired) electrons. The van der Waals surface area contributed by atoms with Crippen LogP contribution in [0.5, 0.6) is 5.75 Å². The minimum Gasteiger partial charge on any atom is -0.491 e. The molecule has 0 aromatic heterocycles. The van der Waals surface area contributed by atoms with Crippen LogP contribution in [-0.4, -0.2) is 54.3 Å². The molecule has 0 aliphatic carbocycles. The number of carboxylic acids is 2. The molecule has 0 fully saturated rings. The fraction of sp³-hybridized carbons (Fsp3) is 0.333. The quantitative estimate of drug-likeness (QED) is 0.606. The van der Waals surface area contributed by atoms with Crippen molar-refractivity contribution in [2.24, 2.45) is 0 Å². The number of rotatable bonds is 4. The first kappa shape index (κ1) is 17.6. The second-order valence-corrected chi connectivity index (χ2v) is 4.85. The van der Waals surface area contributed by atoms with Gasteiger partial charge in [-0.25, -0.2) is 9.59 Å². The summed E-state index contributed by atoms with van der Waals surface area (Å²) in [4.78, 5) is 20.3. The van der Waals surface area contributed by atoms with Crippen molar-refractivity contribution in [3.63, 3.8) is 0 Å². The fourth-order valence-electron chi connectivity index (χ4n) is 0.900. The number of aliphatic carboxylic acids is 2. The summed E-state index contributed by atoms with van der Waals surface area (Å²) in [5, 5.41) is 14.8. The summed E-state index contributed by atoms with van der Waals surface area (Å²) in [5.41, 5.74) is 0. The summed E-state index contributed by atoms with van der Waals surface area (Å²) in [7, 11) is 4.08. The molecule has 0 heterocycles. The van der Waals surface area contributed by atoms with Gasteiger partial charge < -0.3 is 19.8 Å². The minimum atomic E-state index is -1.82. The Bertz CT molecular complexity index is 410. The smallest absolute Gasteiger partial charge is 0.414 e. The number of nitrogens with zero attached hydrogens (tertiary/aromatic N) is 1. The molecule has 0 aliphatic heterocycles. The normalized spacial score (nSPS) is 9.47. The van der Waals surface area contributed by atoms with E-state index in [1.54, 1.807) is 0 Å². The highest BCUT2D eigenvalue weighted by molar-refractivity contribution is 14.1. The van der Waals surface area contributed by atoms with Crippen LogP contribution in [0.4, 0.5) is 0 Å². The predicted octanol–water partition coefficient (Wildman–Crippen LogP) is 1.39. The number of ether oxygens (including phenoxy) is 1. The molecule has 0 bridgehead atoms. The lowest BCUT2D eigenvalue weighted by Gasteiger charge is -2.11. The zero-order chi connectivity index (χ0) is 14.8. The van der Waals surface area contributed by atoms with Gasteiger partial charge in [0.25, 0.3) is 0 Å². The molecule has 0 atom stereocenters. The third-order valence-corrected chi connectivity index (χ3v) is 2.71. The molecule has 7 heteroatoms. The van der Waals surface area contributed by atoms with E-state index in [9.17, 15) is 0 Å². The maximum absolute atomic E-state index is 9.10. The van der Waals surface area contributed by atoms with Gasteiger partial charge in [0, 0.05) is 6.54 Å². The molecule has 0 unspecified atom stereocenters. The van der Waals surface area contributed by atoms with Crippen molar-refractivity contribution in [2.45, 2.75) is 0 Å². The van der Waals surface area contributed by atoms with Crippen molar-refractivity contribution in [1.82, 2.24) is 4.90 Å². The van der Waals surface area contributed by atoms with Crippen molar-refractivity contribution < 1.29 is 24.5 Å². The fourth-order valence-corrected chi connectivity index (χ4v) is 1.44. The molecule has 1 aromatic rings. The van der Waals surface area contributed by atoms with Crippen molar-refractivity contribution >= 4 is 34.5 Å². The monoisotopic (exact) mass is 381 g/mol. The van der Waals surface area contributed by atoms with E-state index >= 15 is 0 Å². The second-order valence-electron chi connectivity index (χ2n) is 3.69. The molecule has 0 spiro atoms. The zero-order valence-electron chi connectivity index (χ0n) is 10.7. The van der Waals surface area contributed by atoms with Crippen molar-refractivity contribution in [1.29, 1.82) is 0 Å². The Hall–Kier alpha value is -1.35. The topological polar surface area (TPSA) is 87.1 Å². The van der Waals surface area contributed by atoms with E-state index in [-0.39, 0.29) is 0 Å². The Labute approximate surface area is 125 Å². The summed E-state index contributed by atoms with van der Waals surface area (Å²) < 4.78 is 6.76. The zero-order valence-corrected chi connectivity index (χ0v) is 12.8. The lowest BCUT2D eigenvalue weighted by Crippen LogP contribution is -2.19. The highest BCUT2D eigenvalue weighted by Crippen LogP contribution is 2.19. The SMILES string of the molecule is CN(C)CCOc1ccccc1I.O=C(O)C(=O)O. The van der Waals surface area contributed by atoms with Gasteiger partial charge in [-0.05, 0) is 48.8 Å². The van der Waals surface area contributed by atoms with Gasteiger partial charge in [-0.1, -0.05) is 12.1 Å².